The predicted octanol–water partition coefficient (Wildman–Crippen LogP) is 3.87. The Labute approximate surface area is 173 Å². The molecular weight excluding hydrogens is 390 g/mol. The molecule has 2 aromatic rings. The van der Waals surface area contributed by atoms with Crippen LogP contribution in [0.5, 0.6) is 11.5 Å². The number of urea groups is 1. The van der Waals surface area contributed by atoms with Gasteiger partial charge in [0.25, 0.3) is 5.91 Å². The molecule has 1 spiro atoms. The number of hydrogen-bond donors (Lipinski definition) is 2. The van der Waals surface area contributed by atoms with Crippen LogP contribution in [0.2, 0.25) is 0 Å². The average molecular weight is 413 g/mol. The molecule has 4 rings (SSSR count). The van der Waals surface area contributed by atoms with Gasteiger partial charge in [0.1, 0.15) is 11.5 Å². The summed E-state index contributed by atoms with van der Waals surface area (Å²) in [6.07, 6.45) is 0. The quantitative estimate of drug-likeness (QED) is 0.799. The first kappa shape index (κ1) is 19.4. The first-order valence-corrected chi connectivity index (χ1v) is 10.0. The minimum absolute atomic E-state index is 0.225. The molecule has 2 heterocycles. The number of fused-ring (bicyclic) bond motifs is 2. The zero-order valence-corrected chi connectivity index (χ0v) is 17.6. The number of ether oxygens (including phenoxy) is 2. The van der Waals surface area contributed by atoms with E-state index in [4.69, 9.17) is 9.47 Å². The summed E-state index contributed by atoms with van der Waals surface area (Å²) in [7, 11) is 3.15. The molecule has 0 aliphatic carbocycles. The van der Waals surface area contributed by atoms with Crippen LogP contribution in [0.4, 0.5) is 16.2 Å². The van der Waals surface area contributed by atoms with Crippen LogP contribution >= 0.6 is 11.8 Å². The summed E-state index contributed by atoms with van der Waals surface area (Å²) in [5.41, 5.74) is 2.03. The Morgan fingerprint density at radius 1 is 1.14 bits per heavy atom. The molecule has 0 bridgehead atoms. The number of hydrogen-bond acceptors (Lipinski definition) is 5. The molecule has 1 unspecified atom stereocenters. The maximum Gasteiger partial charge on any atom is 0.323 e. The first-order chi connectivity index (χ1) is 13.8. The van der Waals surface area contributed by atoms with Crippen molar-refractivity contribution in [2.75, 3.05) is 31.4 Å². The SMILES string of the molecule is COc1cccc(NC(=O)N2CC(C)(C)SC23C(=O)Nc2ccc(OC)cc23)c1. The molecule has 1 atom stereocenters. The maximum absolute atomic E-state index is 13.3. The lowest BCUT2D eigenvalue weighted by atomic mass is 10.0. The van der Waals surface area contributed by atoms with Crippen molar-refractivity contribution in [3.05, 3.63) is 48.0 Å². The summed E-state index contributed by atoms with van der Waals surface area (Å²) < 4.78 is 10.3. The molecule has 1 fully saturated rings. The van der Waals surface area contributed by atoms with Crippen molar-refractivity contribution in [2.45, 2.75) is 23.5 Å². The number of thioether (sulfide) groups is 1. The standard InChI is InChI=1S/C21H23N3O4S/c1-20(2)12-24(19(26)22-13-6-5-7-14(10-13)27-3)21(29-20)16-11-15(28-4)8-9-17(16)23-18(21)25/h5-11H,12H2,1-4H3,(H,22,26)(H,23,25). The zero-order valence-electron chi connectivity index (χ0n) is 16.7. The van der Waals surface area contributed by atoms with Gasteiger partial charge < -0.3 is 20.1 Å². The largest absolute Gasteiger partial charge is 0.497 e. The normalized spacial score (nSPS) is 21.7. The van der Waals surface area contributed by atoms with Crippen molar-refractivity contribution < 1.29 is 19.1 Å². The van der Waals surface area contributed by atoms with E-state index in [1.807, 2.05) is 26.0 Å². The Kier molecular flexibility index (Phi) is 4.61. The number of benzene rings is 2. The molecular formula is C21H23N3O4S. The third-order valence-electron chi connectivity index (χ3n) is 5.06. The van der Waals surface area contributed by atoms with Crippen molar-refractivity contribution in [3.8, 4) is 11.5 Å². The van der Waals surface area contributed by atoms with Crippen LogP contribution in [-0.4, -0.2) is 42.3 Å². The fraction of sp³-hybridized carbons (Fsp3) is 0.333. The molecule has 152 valence electrons. The van der Waals surface area contributed by atoms with Crippen LogP contribution in [0.3, 0.4) is 0 Å². The van der Waals surface area contributed by atoms with Gasteiger partial charge in [0.15, 0.2) is 4.87 Å². The molecule has 1 saturated heterocycles. The molecule has 7 nitrogen and oxygen atoms in total. The summed E-state index contributed by atoms with van der Waals surface area (Å²) in [5.74, 6) is 1.05. The fourth-order valence-corrected chi connectivity index (χ4v) is 5.50. The van der Waals surface area contributed by atoms with Gasteiger partial charge in [-0.05, 0) is 44.2 Å². The summed E-state index contributed by atoms with van der Waals surface area (Å²) >= 11 is 1.48. The third-order valence-corrected chi connectivity index (χ3v) is 6.66. The highest BCUT2D eigenvalue weighted by Gasteiger charge is 2.61. The highest BCUT2D eigenvalue weighted by molar-refractivity contribution is 8.02. The molecule has 8 heteroatoms. The van der Waals surface area contributed by atoms with E-state index in [1.165, 1.54) is 11.8 Å². The van der Waals surface area contributed by atoms with Gasteiger partial charge in [-0.25, -0.2) is 4.79 Å². The Morgan fingerprint density at radius 3 is 2.59 bits per heavy atom. The minimum Gasteiger partial charge on any atom is -0.497 e. The van der Waals surface area contributed by atoms with E-state index < -0.39 is 4.87 Å². The van der Waals surface area contributed by atoms with Gasteiger partial charge in [0.2, 0.25) is 0 Å². The molecule has 2 N–H and O–H groups in total. The van der Waals surface area contributed by atoms with Crippen LogP contribution in [0.25, 0.3) is 0 Å². The molecule has 2 aromatic carbocycles. The Morgan fingerprint density at radius 2 is 1.86 bits per heavy atom. The van der Waals surface area contributed by atoms with Gasteiger partial charge >= 0.3 is 6.03 Å². The van der Waals surface area contributed by atoms with Crippen LogP contribution in [0.1, 0.15) is 19.4 Å². The topological polar surface area (TPSA) is 79.9 Å². The number of methoxy groups -OCH3 is 2. The van der Waals surface area contributed by atoms with Crippen LogP contribution < -0.4 is 20.1 Å². The van der Waals surface area contributed by atoms with Gasteiger partial charge in [0, 0.05) is 34.3 Å². The summed E-state index contributed by atoms with van der Waals surface area (Å²) in [6.45, 7) is 4.48. The van der Waals surface area contributed by atoms with Gasteiger partial charge in [-0.2, -0.15) is 0 Å². The number of anilines is 2. The Bertz CT molecular complexity index is 994. The molecule has 2 aliphatic heterocycles. The smallest absolute Gasteiger partial charge is 0.323 e. The Hall–Kier alpha value is -2.87. The highest BCUT2D eigenvalue weighted by Crippen LogP contribution is 2.58. The second kappa shape index (κ2) is 6.88. The van der Waals surface area contributed by atoms with E-state index in [-0.39, 0.29) is 16.7 Å². The molecule has 3 amide bonds. The van der Waals surface area contributed by atoms with Gasteiger partial charge in [-0.15, -0.1) is 11.8 Å². The molecule has 0 aromatic heterocycles. The van der Waals surface area contributed by atoms with Crippen molar-refractivity contribution in [1.29, 1.82) is 0 Å². The van der Waals surface area contributed by atoms with Crippen molar-refractivity contribution in [1.82, 2.24) is 4.90 Å². The number of nitrogens with zero attached hydrogens (tertiary/aromatic N) is 1. The maximum atomic E-state index is 13.3. The third kappa shape index (κ3) is 3.17. The molecule has 0 radical (unpaired) electrons. The summed E-state index contributed by atoms with van der Waals surface area (Å²) in [5, 5.41) is 5.84. The van der Waals surface area contributed by atoms with E-state index in [1.54, 1.807) is 49.5 Å². The number of carbonyl (C=O) groups excluding carboxylic acids is 2. The van der Waals surface area contributed by atoms with E-state index in [0.717, 1.165) is 5.56 Å². The van der Waals surface area contributed by atoms with Crippen LogP contribution in [-0.2, 0) is 9.67 Å². The monoisotopic (exact) mass is 413 g/mol. The molecule has 2 aliphatic rings. The number of rotatable bonds is 3. The van der Waals surface area contributed by atoms with Gasteiger partial charge in [-0.3, -0.25) is 9.69 Å². The van der Waals surface area contributed by atoms with Gasteiger partial charge in [0.05, 0.1) is 14.2 Å². The minimum atomic E-state index is -1.16. The number of nitrogens with one attached hydrogen (secondary N) is 2. The van der Waals surface area contributed by atoms with Crippen molar-refractivity contribution >= 4 is 35.1 Å². The lowest BCUT2D eigenvalue weighted by Crippen LogP contribution is -2.49. The fourth-order valence-electron chi connectivity index (χ4n) is 3.82. The Balaban J connectivity index is 1.75. The van der Waals surface area contributed by atoms with Gasteiger partial charge in [-0.1, -0.05) is 6.07 Å². The van der Waals surface area contributed by atoms with E-state index in [0.29, 0.717) is 29.4 Å². The molecule has 29 heavy (non-hydrogen) atoms. The lowest BCUT2D eigenvalue weighted by Gasteiger charge is -2.32. The zero-order chi connectivity index (χ0) is 20.8. The van der Waals surface area contributed by atoms with Crippen LogP contribution in [0, 0.1) is 0 Å². The van der Waals surface area contributed by atoms with Crippen molar-refractivity contribution in [3.63, 3.8) is 0 Å². The average Bonchev–Trinajstić information content (AvgIpc) is 3.15. The first-order valence-electron chi connectivity index (χ1n) is 9.22. The second-order valence-electron chi connectivity index (χ2n) is 7.62. The second-order valence-corrected chi connectivity index (χ2v) is 9.52. The summed E-state index contributed by atoms with van der Waals surface area (Å²) in [4.78, 5) is 27.0. The van der Waals surface area contributed by atoms with E-state index in [9.17, 15) is 9.59 Å². The highest BCUT2D eigenvalue weighted by atomic mass is 32.2. The lowest BCUT2D eigenvalue weighted by molar-refractivity contribution is -0.121. The van der Waals surface area contributed by atoms with E-state index >= 15 is 0 Å². The van der Waals surface area contributed by atoms with E-state index in [2.05, 4.69) is 10.6 Å². The number of amides is 3. The molecule has 0 saturated carbocycles. The summed E-state index contributed by atoms with van der Waals surface area (Å²) in [6, 6.07) is 12.2. The van der Waals surface area contributed by atoms with Crippen molar-refractivity contribution in [2.24, 2.45) is 0 Å². The number of carbonyl (C=O) groups is 2. The predicted molar refractivity (Wildman–Crippen MR) is 114 cm³/mol. The van der Waals surface area contributed by atoms with Crippen LogP contribution in [0.15, 0.2) is 42.5 Å².